The van der Waals surface area contributed by atoms with Crippen molar-refractivity contribution in [1.29, 1.82) is 0 Å². The monoisotopic (exact) mass is 868 g/mol. The van der Waals surface area contributed by atoms with Crippen LogP contribution < -0.4 is 15.5 Å². The van der Waals surface area contributed by atoms with Crippen LogP contribution >= 0.6 is 0 Å². The molecule has 2 heteroatoms. The van der Waals surface area contributed by atoms with Gasteiger partial charge in [0.2, 0.25) is 0 Å². The summed E-state index contributed by atoms with van der Waals surface area (Å²) in [6.07, 6.45) is 4.55. The van der Waals surface area contributed by atoms with Crippen LogP contribution in [-0.4, -0.2) is 4.57 Å². The molecular formula is C66H48N2. The number of hydrogen-bond acceptors (Lipinski definition) is 1. The van der Waals surface area contributed by atoms with Crippen molar-refractivity contribution in [3.8, 4) is 27.9 Å². The average molecular weight is 869 g/mol. The Morgan fingerprint density at radius 3 is 1.71 bits per heavy atom. The molecule has 0 amide bonds. The first-order valence-electron chi connectivity index (χ1n) is 23.5. The van der Waals surface area contributed by atoms with Gasteiger partial charge in [0, 0.05) is 38.7 Å². The zero-order valence-electron chi connectivity index (χ0n) is 37.9. The second-order valence-corrected chi connectivity index (χ2v) is 17.7. The van der Waals surface area contributed by atoms with Gasteiger partial charge in [0.15, 0.2) is 0 Å². The minimum absolute atomic E-state index is 0.518. The molecule has 322 valence electrons. The van der Waals surface area contributed by atoms with Crippen molar-refractivity contribution in [3.05, 3.63) is 293 Å². The number of aromatic nitrogens is 1. The normalized spacial score (nSPS) is 13.1. The summed E-state index contributed by atoms with van der Waals surface area (Å²) < 4.78 is 2.30. The van der Waals surface area contributed by atoms with Crippen LogP contribution in [0.25, 0.3) is 67.8 Å². The molecule has 68 heavy (non-hydrogen) atoms. The van der Waals surface area contributed by atoms with Gasteiger partial charge in [-0.2, -0.15) is 0 Å². The van der Waals surface area contributed by atoms with Crippen molar-refractivity contribution in [2.45, 2.75) is 12.3 Å². The molecule has 12 rings (SSSR count). The average Bonchev–Trinajstić information content (AvgIpc) is 3.87. The number of hydrogen-bond donors (Lipinski definition) is 0. The molecule has 0 atom stereocenters. The smallest absolute Gasteiger partial charge is 0.0714 e. The van der Waals surface area contributed by atoms with Gasteiger partial charge in [-0.1, -0.05) is 207 Å². The lowest BCUT2D eigenvalue weighted by atomic mass is 9.67. The van der Waals surface area contributed by atoms with E-state index in [9.17, 15) is 0 Å². The molecular weight excluding hydrogens is 821 g/mol. The molecule has 1 aliphatic carbocycles. The quantitative estimate of drug-likeness (QED) is 0.140. The molecule has 0 unspecified atom stereocenters. The maximum atomic E-state index is 4.74. The Bertz CT molecular complexity index is 3740. The molecule has 11 aromatic rings. The van der Waals surface area contributed by atoms with Gasteiger partial charge in [0.25, 0.3) is 0 Å². The van der Waals surface area contributed by atoms with Crippen molar-refractivity contribution in [2.24, 2.45) is 0 Å². The number of allylic oxidation sites excluding steroid dienone is 2. The summed E-state index contributed by atoms with van der Waals surface area (Å²) in [6.45, 7) is 6.87. The van der Waals surface area contributed by atoms with Crippen molar-refractivity contribution < 1.29 is 0 Å². The second kappa shape index (κ2) is 16.9. The largest absolute Gasteiger partial charge is 0.310 e. The lowest BCUT2D eigenvalue weighted by molar-refractivity contribution is 0.768. The van der Waals surface area contributed by atoms with Crippen molar-refractivity contribution in [3.63, 3.8) is 0 Å². The zero-order valence-corrected chi connectivity index (χ0v) is 37.9. The summed E-state index contributed by atoms with van der Waals surface area (Å²) in [5.74, 6) is 0. The minimum atomic E-state index is -0.518. The first-order valence-corrected chi connectivity index (χ1v) is 23.5. The molecule has 2 nitrogen and oxygen atoms in total. The van der Waals surface area contributed by atoms with Crippen molar-refractivity contribution in [1.82, 2.24) is 4.57 Å². The summed E-state index contributed by atoms with van der Waals surface area (Å²) in [7, 11) is 0. The fraction of sp³-hybridized carbons (Fsp3) is 0.0303. The molecule has 0 radical (unpaired) electrons. The molecule has 0 N–H and O–H groups in total. The van der Waals surface area contributed by atoms with E-state index >= 15 is 0 Å². The number of para-hydroxylation sites is 1. The maximum Gasteiger partial charge on any atom is 0.0714 e. The Morgan fingerprint density at radius 1 is 0.485 bits per heavy atom. The van der Waals surface area contributed by atoms with Crippen molar-refractivity contribution in [2.75, 3.05) is 4.90 Å². The number of rotatable bonds is 9. The lowest BCUT2D eigenvalue weighted by Crippen LogP contribution is -2.28. The van der Waals surface area contributed by atoms with Crippen LogP contribution in [0.1, 0.15) is 34.7 Å². The molecule has 0 aliphatic heterocycles. The van der Waals surface area contributed by atoms with E-state index in [1.807, 2.05) is 0 Å². The molecule has 10 aromatic carbocycles. The Hall–Kier alpha value is -8.72. The van der Waals surface area contributed by atoms with E-state index in [0.29, 0.717) is 0 Å². The standard InChI is InChI=1S/C66H48N2/c1-3-47(44-61-46(2)67(54-27-14-7-15-28-54)64-43-36-51-22-16-17-29-58(51)65(61)64)49-32-37-55(38-33-49)68(56-39-34-50(35-40-56)48-20-8-4-9-21-48)57-41-42-60-59-30-18-19-31-62(59)66(63(60)45-57,52-23-10-5-11-24-52)53-25-12-6-13-26-53/h3-45H,2H2,1H3/b47-3+,61-44+. The van der Waals surface area contributed by atoms with Crippen LogP contribution in [0.5, 0.6) is 0 Å². The van der Waals surface area contributed by atoms with Crippen LogP contribution in [0.2, 0.25) is 0 Å². The number of fused-ring (bicyclic) bond motifs is 6. The minimum Gasteiger partial charge on any atom is -0.310 e. The Morgan fingerprint density at radius 2 is 1.03 bits per heavy atom. The Labute approximate surface area is 398 Å². The fourth-order valence-corrected chi connectivity index (χ4v) is 10.9. The molecule has 1 aromatic heterocycles. The molecule has 0 saturated heterocycles. The van der Waals surface area contributed by atoms with E-state index in [4.69, 9.17) is 6.58 Å². The van der Waals surface area contributed by atoms with Crippen LogP contribution in [-0.2, 0) is 5.41 Å². The van der Waals surface area contributed by atoms with E-state index in [-0.39, 0.29) is 0 Å². The highest BCUT2D eigenvalue weighted by Crippen LogP contribution is 2.57. The molecule has 0 spiro atoms. The lowest BCUT2D eigenvalue weighted by Gasteiger charge is -2.35. The molecule has 1 heterocycles. The van der Waals surface area contributed by atoms with Crippen LogP contribution in [0.15, 0.2) is 255 Å². The summed E-state index contributed by atoms with van der Waals surface area (Å²) in [6, 6.07) is 90.5. The predicted octanol–water partition coefficient (Wildman–Crippen LogP) is 15.6. The highest BCUT2D eigenvalue weighted by molar-refractivity contribution is 6.09. The Balaban J connectivity index is 1.02. The summed E-state index contributed by atoms with van der Waals surface area (Å²) in [5, 5.41) is 5.72. The van der Waals surface area contributed by atoms with Gasteiger partial charge >= 0.3 is 0 Å². The highest BCUT2D eigenvalue weighted by Gasteiger charge is 2.46. The van der Waals surface area contributed by atoms with Crippen LogP contribution in [0.3, 0.4) is 0 Å². The third-order valence-electron chi connectivity index (χ3n) is 14.0. The van der Waals surface area contributed by atoms with Gasteiger partial charge < -0.3 is 9.47 Å². The van der Waals surface area contributed by atoms with E-state index in [2.05, 4.69) is 277 Å². The first kappa shape index (κ1) is 40.8. The van der Waals surface area contributed by atoms with E-state index in [1.165, 1.54) is 60.7 Å². The number of benzene rings is 10. The predicted molar refractivity (Wildman–Crippen MR) is 288 cm³/mol. The number of anilines is 3. The molecule has 1 aliphatic rings. The summed E-state index contributed by atoms with van der Waals surface area (Å²) in [5.41, 5.74) is 17.2. The van der Waals surface area contributed by atoms with Gasteiger partial charge in [-0.05, 0) is 134 Å². The van der Waals surface area contributed by atoms with Gasteiger partial charge in [-0.25, -0.2) is 0 Å². The Kier molecular flexibility index (Phi) is 10.1. The van der Waals surface area contributed by atoms with Crippen LogP contribution in [0, 0.1) is 0 Å². The SMILES string of the molecule is C=c1/c(=C\C(=C/C)c2ccc(N(c3ccc(-c4ccccc4)cc3)c3ccc4c(c3)C(c3ccccc3)(c3ccccc3)c3ccccc3-4)cc2)c2c3ccccc3ccc2n1-c1ccccc1. The van der Waals surface area contributed by atoms with Crippen molar-refractivity contribution >= 4 is 57.0 Å². The topological polar surface area (TPSA) is 8.17 Å². The maximum absolute atomic E-state index is 4.74. The molecule has 0 fully saturated rings. The summed E-state index contributed by atoms with van der Waals surface area (Å²) >= 11 is 0. The van der Waals surface area contributed by atoms with E-state index in [1.54, 1.807) is 0 Å². The van der Waals surface area contributed by atoms with Gasteiger partial charge in [0.05, 0.1) is 10.9 Å². The fourth-order valence-electron chi connectivity index (χ4n) is 10.9. The summed E-state index contributed by atoms with van der Waals surface area (Å²) in [4.78, 5) is 2.41. The van der Waals surface area contributed by atoms with Gasteiger partial charge in [-0.3, -0.25) is 0 Å². The third-order valence-corrected chi connectivity index (χ3v) is 14.0. The van der Waals surface area contributed by atoms with E-state index in [0.717, 1.165) is 50.0 Å². The molecule has 0 bridgehead atoms. The third kappa shape index (κ3) is 6.64. The first-order chi connectivity index (χ1) is 33.6. The highest BCUT2D eigenvalue weighted by atomic mass is 15.1. The van der Waals surface area contributed by atoms with E-state index < -0.39 is 5.41 Å². The van der Waals surface area contributed by atoms with Gasteiger partial charge in [-0.15, -0.1) is 0 Å². The van der Waals surface area contributed by atoms with Gasteiger partial charge in [0.1, 0.15) is 0 Å². The second-order valence-electron chi connectivity index (χ2n) is 17.7. The zero-order chi connectivity index (χ0) is 45.6. The number of nitrogens with zero attached hydrogens (tertiary/aromatic N) is 2. The molecule has 0 saturated carbocycles. The van der Waals surface area contributed by atoms with Crippen LogP contribution in [0.4, 0.5) is 17.1 Å².